The third-order valence-electron chi connectivity index (χ3n) is 2.25. The van der Waals surface area contributed by atoms with Crippen LogP contribution >= 0.6 is 0 Å². The minimum Gasteiger partial charge on any atom is -0.336 e. The van der Waals surface area contributed by atoms with Gasteiger partial charge < -0.3 is 10.6 Å². The fourth-order valence-corrected chi connectivity index (χ4v) is 1.46. The second-order valence-electron chi connectivity index (χ2n) is 3.32. The molecule has 13 heavy (non-hydrogen) atoms. The molecule has 2 rings (SSSR count). The van der Waals surface area contributed by atoms with Crippen LogP contribution in [-0.4, -0.2) is 12.6 Å². The Morgan fingerprint density at radius 3 is 2.54 bits per heavy atom. The van der Waals surface area contributed by atoms with E-state index in [0.717, 1.165) is 5.56 Å². The third kappa shape index (κ3) is 1.64. The number of hydrogen-bond acceptors (Lipinski definition) is 1. The predicted octanol–water partition coefficient (Wildman–Crippen LogP) is 1.35. The molecule has 1 saturated heterocycles. The van der Waals surface area contributed by atoms with Crippen molar-refractivity contribution in [3.63, 3.8) is 0 Å². The highest BCUT2D eigenvalue weighted by atomic mass is 16.2. The monoisotopic (exact) mass is 176 g/mol. The van der Waals surface area contributed by atoms with Crippen molar-refractivity contribution < 1.29 is 4.79 Å². The van der Waals surface area contributed by atoms with Gasteiger partial charge in [0.05, 0.1) is 6.04 Å². The summed E-state index contributed by atoms with van der Waals surface area (Å²) in [7, 11) is 0. The maximum Gasteiger partial charge on any atom is 0.315 e. The topological polar surface area (TPSA) is 41.1 Å². The number of nitrogens with one attached hydrogen (secondary N) is 2. The van der Waals surface area contributed by atoms with E-state index in [0.29, 0.717) is 6.54 Å². The summed E-state index contributed by atoms with van der Waals surface area (Å²) in [6.45, 7) is 2.73. The molecule has 68 valence electrons. The van der Waals surface area contributed by atoms with Gasteiger partial charge in [0.25, 0.3) is 0 Å². The second-order valence-corrected chi connectivity index (χ2v) is 3.32. The third-order valence-corrected chi connectivity index (χ3v) is 2.25. The molecule has 2 N–H and O–H groups in total. The first-order valence-corrected chi connectivity index (χ1v) is 4.36. The van der Waals surface area contributed by atoms with Crippen molar-refractivity contribution in [2.24, 2.45) is 0 Å². The van der Waals surface area contributed by atoms with Gasteiger partial charge in [-0.1, -0.05) is 29.8 Å². The number of amides is 2. The highest BCUT2D eigenvalue weighted by Gasteiger charge is 2.20. The average molecular weight is 176 g/mol. The molecular formula is C10H12N2O. The Morgan fingerprint density at radius 2 is 2.00 bits per heavy atom. The van der Waals surface area contributed by atoms with Gasteiger partial charge in [-0.3, -0.25) is 0 Å². The quantitative estimate of drug-likeness (QED) is 0.666. The molecule has 0 bridgehead atoms. The van der Waals surface area contributed by atoms with E-state index in [4.69, 9.17) is 0 Å². The molecule has 2 amide bonds. The molecule has 0 aromatic heterocycles. The first-order chi connectivity index (χ1) is 6.25. The van der Waals surface area contributed by atoms with E-state index in [1.807, 2.05) is 12.1 Å². The van der Waals surface area contributed by atoms with E-state index < -0.39 is 0 Å². The lowest BCUT2D eigenvalue weighted by Crippen LogP contribution is -2.21. The van der Waals surface area contributed by atoms with Crippen LogP contribution in [0.1, 0.15) is 17.2 Å². The standard InChI is InChI=1S/C10H12N2O/c1-7-2-4-8(5-3-7)9-6-11-10(13)12-9/h2-5,9H,6H2,1H3,(H2,11,12,13). The molecule has 0 aliphatic carbocycles. The van der Waals surface area contributed by atoms with Crippen LogP contribution in [0, 0.1) is 6.92 Å². The highest BCUT2D eigenvalue weighted by Crippen LogP contribution is 2.15. The summed E-state index contributed by atoms with van der Waals surface area (Å²) in [4.78, 5) is 10.9. The van der Waals surface area contributed by atoms with Crippen molar-refractivity contribution in [2.45, 2.75) is 13.0 Å². The van der Waals surface area contributed by atoms with E-state index in [1.165, 1.54) is 5.56 Å². The number of hydrogen-bond donors (Lipinski definition) is 2. The zero-order valence-electron chi connectivity index (χ0n) is 7.50. The van der Waals surface area contributed by atoms with Crippen molar-refractivity contribution >= 4 is 6.03 Å². The summed E-state index contributed by atoms with van der Waals surface area (Å²) >= 11 is 0. The number of rotatable bonds is 1. The molecule has 1 aromatic rings. The molecule has 1 aliphatic heterocycles. The van der Waals surface area contributed by atoms with Crippen LogP contribution in [0.25, 0.3) is 0 Å². The number of carbonyl (C=O) groups is 1. The Hall–Kier alpha value is -1.51. The second kappa shape index (κ2) is 3.09. The summed E-state index contributed by atoms with van der Waals surface area (Å²) < 4.78 is 0. The number of urea groups is 1. The molecular weight excluding hydrogens is 164 g/mol. The van der Waals surface area contributed by atoms with Crippen LogP contribution < -0.4 is 10.6 Å². The molecule has 0 radical (unpaired) electrons. The van der Waals surface area contributed by atoms with Gasteiger partial charge in [-0.05, 0) is 12.5 Å². The largest absolute Gasteiger partial charge is 0.336 e. The van der Waals surface area contributed by atoms with Crippen LogP contribution in [0.3, 0.4) is 0 Å². The molecule has 3 heteroatoms. The molecule has 1 atom stereocenters. The minimum absolute atomic E-state index is 0.0782. The molecule has 3 nitrogen and oxygen atoms in total. The highest BCUT2D eigenvalue weighted by molar-refractivity contribution is 5.76. The van der Waals surface area contributed by atoms with Crippen molar-refractivity contribution in [1.29, 1.82) is 0 Å². The number of benzene rings is 1. The zero-order valence-corrected chi connectivity index (χ0v) is 7.50. The molecule has 1 aliphatic rings. The summed E-state index contributed by atoms with van der Waals surface area (Å²) in [6.07, 6.45) is 0. The van der Waals surface area contributed by atoms with Gasteiger partial charge in [-0.15, -0.1) is 0 Å². The van der Waals surface area contributed by atoms with Crippen molar-refractivity contribution in [2.75, 3.05) is 6.54 Å². The maximum absolute atomic E-state index is 10.9. The molecule has 1 aromatic carbocycles. The van der Waals surface area contributed by atoms with Gasteiger partial charge in [-0.25, -0.2) is 4.79 Å². The van der Waals surface area contributed by atoms with E-state index in [-0.39, 0.29) is 12.1 Å². The normalized spacial score (nSPS) is 21.0. The van der Waals surface area contributed by atoms with Crippen molar-refractivity contribution in [3.8, 4) is 0 Å². The van der Waals surface area contributed by atoms with Gasteiger partial charge in [0.15, 0.2) is 0 Å². The van der Waals surface area contributed by atoms with Gasteiger partial charge in [0, 0.05) is 6.54 Å². The number of aryl methyl sites for hydroxylation is 1. The Kier molecular flexibility index (Phi) is 1.93. The molecule has 1 unspecified atom stereocenters. The van der Waals surface area contributed by atoms with Crippen LogP contribution in [0.4, 0.5) is 4.79 Å². The fraction of sp³-hybridized carbons (Fsp3) is 0.300. The summed E-state index contributed by atoms with van der Waals surface area (Å²) in [5.74, 6) is 0. The fourth-order valence-electron chi connectivity index (χ4n) is 1.46. The van der Waals surface area contributed by atoms with Crippen LogP contribution in [0.2, 0.25) is 0 Å². The molecule has 1 fully saturated rings. The van der Waals surface area contributed by atoms with E-state index >= 15 is 0 Å². The smallest absolute Gasteiger partial charge is 0.315 e. The first-order valence-electron chi connectivity index (χ1n) is 4.36. The Bertz CT molecular complexity index is 318. The molecule has 0 spiro atoms. The first kappa shape index (κ1) is 8.10. The Labute approximate surface area is 77.1 Å². The summed E-state index contributed by atoms with van der Waals surface area (Å²) in [6, 6.07) is 8.26. The SMILES string of the molecule is Cc1ccc(C2CNC(=O)N2)cc1. The van der Waals surface area contributed by atoms with Crippen LogP contribution in [0.15, 0.2) is 24.3 Å². The van der Waals surface area contributed by atoms with Gasteiger partial charge in [-0.2, -0.15) is 0 Å². The van der Waals surface area contributed by atoms with Crippen molar-refractivity contribution in [1.82, 2.24) is 10.6 Å². The minimum atomic E-state index is -0.0782. The lowest BCUT2D eigenvalue weighted by atomic mass is 10.1. The molecule has 1 heterocycles. The van der Waals surface area contributed by atoms with Gasteiger partial charge in [0.2, 0.25) is 0 Å². The van der Waals surface area contributed by atoms with Crippen LogP contribution in [-0.2, 0) is 0 Å². The Morgan fingerprint density at radius 1 is 1.31 bits per heavy atom. The van der Waals surface area contributed by atoms with E-state index in [9.17, 15) is 4.79 Å². The zero-order chi connectivity index (χ0) is 9.26. The predicted molar refractivity (Wildman–Crippen MR) is 50.5 cm³/mol. The summed E-state index contributed by atoms with van der Waals surface area (Å²) in [5, 5.41) is 5.57. The van der Waals surface area contributed by atoms with E-state index in [1.54, 1.807) is 0 Å². The molecule has 0 saturated carbocycles. The number of carbonyl (C=O) groups excluding carboxylic acids is 1. The Balaban J connectivity index is 2.17. The van der Waals surface area contributed by atoms with Gasteiger partial charge in [0.1, 0.15) is 0 Å². The average Bonchev–Trinajstić information content (AvgIpc) is 2.53. The van der Waals surface area contributed by atoms with E-state index in [2.05, 4.69) is 29.7 Å². The van der Waals surface area contributed by atoms with Crippen LogP contribution in [0.5, 0.6) is 0 Å². The summed E-state index contributed by atoms with van der Waals surface area (Å²) in [5.41, 5.74) is 2.39. The lowest BCUT2D eigenvalue weighted by Gasteiger charge is -2.08. The maximum atomic E-state index is 10.9. The lowest BCUT2D eigenvalue weighted by molar-refractivity contribution is 0.247. The van der Waals surface area contributed by atoms with Crippen molar-refractivity contribution in [3.05, 3.63) is 35.4 Å². The van der Waals surface area contributed by atoms with Gasteiger partial charge >= 0.3 is 6.03 Å².